The molecule has 31 heavy (non-hydrogen) atoms. The van der Waals surface area contributed by atoms with E-state index in [1.165, 1.54) is 23.1 Å². The molecule has 2 heterocycles. The molecule has 1 atom stereocenters. The molecule has 0 saturated heterocycles. The van der Waals surface area contributed by atoms with Crippen LogP contribution in [0.2, 0.25) is 5.02 Å². The molecule has 0 radical (unpaired) electrons. The fourth-order valence-corrected chi connectivity index (χ4v) is 4.38. The number of thiazole rings is 1. The first-order valence-corrected chi connectivity index (χ1v) is 11.7. The van der Waals surface area contributed by atoms with Gasteiger partial charge in [0, 0.05) is 35.5 Å². The van der Waals surface area contributed by atoms with E-state index in [-0.39, 0.29) is 17.1 Å². The van der Waals surface area contributed by atoms with Crippen molar-refractivity contribution in [1.82, 2.24) is 25.1 Å². The van der Waals surface area contributed by atoms with Gasteiger partial charge in [-0.05, 0) is 45.0 Å². The molecule has 164 valence electrons. The Labute approximate surface area is 193 Å². The zero-order valence-corrected chi connectivity index (χ0v) is 20.0. The quantitative estimate of drug-likeness (QED) is 0.479. The van der Waals surface area contributed by atoms with Crippen molar-refractivity contribution in [2.45, 2.75) is 37.6 Å². The van der Waals surface area contributed by atoms with Gasteiger partial charge in [-0.3, -0.25) is 9.59 Å². The molecule has 1 aromatic carbocycles. The van der Waals surface area contributed by atoms with E-state index in [0.29, 0.717) is 33.8 Å². The first-order valence-electron chi connectivity index (χ1n) is 9.58. The molecule has 0 fully saturated rings. The molecule has 3 aromatic rings. The van der Waals surface area contributed by atoms with Crippen molar-refractivity contribution in [3.05, 3.63) is 51.2 Å². The molecule has 0 spiro atoms. The van der Waals surface area contributed by atoms with Gasteiger partial charge in [0.15, 0.2) is 10.3 Å². The number of amides is 2. The van der Waals surface area contributed by atoms with Crippen LogP contribution in [0.25, 0.3) is 0 Å². The average molecular weight is 479 g/mol. The molecule has 11 heteroatoms. The van der Waals surface area contributed by atoms with Gasteiger partial charge in [0.05, 0.1) is 10.9 Å². The van der Waals surface area contributed by atoms with Gasteiger partial charge in [-0.2, -0.15) is 0 Å². The van der Waals surface area contributed by atoms with Crippen LogP contribution in [0.3, 0.4) is 0 Å². The molecule has 0 aliphatic rings. The van der Waals surface area contributed by atoms with Gasteiger partial charge in [-0.1, -0.05) is 23.4 Å². The maximum absolute atomic E-state index is 12.5. The molecule has 3 rings (SSSR count). The summed E-state index contributed by atoms with van der Waals surface area (Å²) in [5.74, 6) is 0.405. The largest absolute Gasteiger partial charge is 0.352 e. The maximum atomic E-state index is 12.5. The summed E-state index contributed by atoms with van der Waals surface area (Å²) >= 11 is 8.62. The van der Waals surface area contributed by atoms with E-state index in [1.54, 1.807) is 24.3 Å². The molecule has 2 amide bonds. The minimum atomic E-state index is -0.370. The Bertz CT molecular complexity index is 1060. The lowest BCUT2D eigenvalue weighted by Gasteiger charge is -2.10. The van der Waals surface area contributed by atoms with Gasteiger partial charge in [0.1, 0.15) is 5.82 Å². The first-order chi connectivity index (χ1) is 14.7. The Kier molecular flexibility index (Phi) is 7.69. The van der Waals surface area contributed by atoms with Crippen LogP contribution in [-0.4, -0.2) is 43.4 Å². The molecule has 0 aliphatic heterocycles. The summed E-state index contributed by atoms with van der Waals surface area (Å²) in [5, 5.41) is 15.5. The second kappa shape index (κ2) is 10.3. The fourth-order valence-electron chi connectivity index (χ4n) is 2.60. The molecule has 1 unspecified atom stereocenters. The Morgan fingerprint density at radius 1 is 1.23 bits per heavy atom. The van der Waals surface area contributed by atoms with Crippen molar-refractivity contribution >= 4 is 51.6 Å². The zero-order chi connectivity index (χ0) is 22.5. The predicted octanol–water partition coefficient (Wildman–Crippen LogP) is 3.63. The second-order valence-electron chi connectivity index (χ2n) is 6.88. The van der Waals surface area contributed by atoms with Crippen LogP contribution in [0, 0.1) is 13.8 Å². The van der Waals surface area contributed by atoms with Crippen LogP contribution in [-0.2, 0) is 18.3 Å². The van der Waals surface area contributed by atoms with Crippen molar-refractivity contribution < 1.29 is 9.59 Å². The van der Waals surface area contributed by atoms with Gasteiger partial charge in [0.25, 0.3) is 5.91 Å². The highest BCUT2D eigenvalue weighted by atomic mass is 35.5. The lowest BCUT2D eigenvalue weighted by molar-refractivity contribution is -0.115. The molecule has 0 bridgehead atoms. The average Bonchev–Trinajstić information content (AvgIpc) is 3.23. The lowest BCUT2D eigenvalue weighted by Crippen LogP contribution is -2.26. The number of hydrogen-bond donors (Lipinski definition) is 2. The Hall–Kier alpha value is -2.43. The third kappa shape index (κ3) is 6.05. The summed E-state index contributed by atoms with van der Waals surface area (Å²) in [4.78, 5) is 30.1. The number of anilines is 1. The number of rotatable bonds is 8. The third-order valence-corrected chi connectivity index (χ3v) is 6.95. The number of nitrogens with zero attached hydrogens (tertiary/aromatic N) is 4. The Morgan fingerprint density at radius 3 is 2.58 bits per heavy atom. The molecule has 8 nitrogen and oxygen atoms in total. The summed E-state index contributed by atoms with van der Waals surface area (Å²) in [6.07, 6.45) is 0.516. The van der Waals surface area contributed by atoms with E-state index in [9.17, 15) is 9.59 Å². The van der Waals surface area contributed by atoms with E-state index in [1.807, 2.05) is 32.4 Å². The molecular formula is C20H23ClN6O2S2. The van der Waals surface area contributed by atoms with Crippen LogP contribution in [0.1, 0.15) is 33.7 Å². The van der Waals surface area contributed by atoms with Gasteiger partial charge in [0.2, 0.25) is 5.91 Å². The maximum Gasteiger partial charge on any atom is 0.251 e. The minimum absolute atomic E-state index is 0.140. The SMILES string of the molecule is Cc1nc(NC(=O)C(C)Sc2nnc(CCNC(=O)c3ccc(Cl)cc3)n2C)sc1C. The van der Waals surface area contributed by atoms with Crippen molar-refractivity contribution in [2.24, 2.45) is 7.05 Å². The Morgan fingerprint density at radius 2 is 1.94 bits per heavy atom. The number of benzene rings is 1. The fraction of sp³-hybridized carbons (Fsp3) is 0.350. The normalized spacial score (nSPS) is 11.9. The van der Waals surface area contributed by atoms with E-state index >= 15 is 0 Å². The number of aryl methyl sites for hydroxylation is 2. The standard InChI is InChI=1S/C20H23ClN6O2S2/c1-11-12(2)30-19(23-11)24-17(28)13(3)31-20-26-25-16(27(20)4)9-10-22-18(29)14-5-7-15(21)8-6-14/h5-8,13H,9-10H2,1-4H3,(H,22,29)(H,23,24,28). The lowest BCUT2D eigenvalue weighted by atomic mass is 10.2. The number of hydrogen-bond acceptors (Lipinski definition) is 7. The van der Waals surface area contributed by atoms with Crippen molar-refractivity contribution in [3.63, 3.8) is 0 Å². The molecule has 0 saturated carbocycles. The van der Waals surface area contributed by atoms with Crippen molar-refractivity contribution in [3.8, 4) is 0 Å². The molecular weight excluding hydrogens is 456 g/mol. The topological polar surface area (TPSA) is 102 Å². The van der Waals surface area contributed by atoms with Gasteiger partial charge >= 0.3 is 0 Å². The Balaban J connectivity index is 1.51. The summed E-state index contributed by atoms with van der Waals surface area (Å²) < 4.78 is 1.83. The first kappa shape index (κ1) is 23.2. The highest BCUT2D eigenvalue weighted by Gasteiger charge is 2.20. The van der Waals surface area contributed by atoms with Crippen molar-refractivity contribution in [1.29, 1.82) is 0 Å². The van der Waals surface area contributed by atoms with Crippen molar-refractivity contribution in [2.75, 3.05) is 11.9 Å². The highest BCUT2D eigenvalue weighted by Crippen LogP contribution is 2.25. The summed E-state index contributed by atoms with van der Waals surface area (Å²) in [6, 6.07) is 6.71. The number of nitrogens with one attached hydrogen (secondary N) is 2. The number of thioether (sulfide) groups is 1. The smallest absolute Gasteiger partial charge is 0.251 e. The zero-order valence-electron chi connectivity index (χ0n) is 17.6. The van der Waals surface area contributed by atoms with E-state index in [4.69, 9.17) is 11.6 Å². The minimum Gasteiger partial charge on any atom is -0.352 e. The number of aromatic nitrogens is 4. The number of carbonyl (C=O) groups excluding carboxylic acids is 2. The summed E-state index contributed by atoms with van der Waals surface area (Å²) in [7, 11) is 1.84. The molecule has 2 N–H and O–H groups in total. The summed E-state index contributed by atoms with van der Waals surface area (Å²) in [5.41, 5.74) is 1.46. The van der Waals surface area contributed by atoms with Crippen LogP contribution in [0.5, 0.6) is 0 Å². The second-order valence-corrected chi connectivity index (χ2v) is 9.83. The number of carbonyl (C=O) groups is 2. The van der Waals surface area contributed by atoms with E-state index in [0.717, 1.165) is 16.4 Å². The van der Waals surface area contributed by atoms with Gasteiger partial charge < -0.3 is 15.2 Å². The van der Waals surface area contributed by atoms with Gasteiger partial charge in [-0.25, -0.2) is 4.98 Å². The van der Waals surface area contributed by atoms with Gasteiger partial charge in [-0.15, -0.1) is 21.5 Å². The van der Waals surface area contributed by atoms with Crippen LogP contribution < -0.4 is 10.6 Å². The monoisotopic (exact) mass is 478 g/mol. The third-order valence-electron chi connectivity index (χ3n) is 4.58. The van der Waals surface area contributed by atoms with E-state index in [2.05, 4.69) is 25.8 Å². The van der Waals surface area contributed by atoms with E-state index < -0.39 is 0 Å². The molecule has 2 aromatic heterocycles. The summed E-state index contributed by atoms with van der Waals surface area (Å²) in [6.45, 7) is 6.11. The van der Waals surface area contributed by atoms with Crippen LogP contribution >= 0.6 is 34.7 Å². The predicted molar refractivity (Wildman–Crippen MR) is 124 cm³/mol. The van der Waals surface area contributed by atoms with Crippen LogP contribution in [0.15, 0.2) is 29.4 Å². The van der Waals surface area contributed by atoms with Crippen LogP contribution in [0.4, 0.5) is 5.13 Å². The molecule has 0 aliphatic carbocycles. The highest BCUT2D eigenvalue weighted by molar-refractivity contribution is 8.00. The number of halogens is 1.